The third-order valence-electron chi connectivity index (χ3n) is 3.87. The first-order valence-electron chi connectivity index (χ1n) is 7.98. The lowest BCUT2D eigenvalue weighted by molar-refractivity contribution is 0.0509. The molecule has 7 heteroatoms. The largest absolute Gasteiger partial charge is 0.444 e. The van der Waals surface area contributed by atoms with Crippen molar-refractivity contribution in [3.8, 4) is 6.07 Å². The summed E-state index contributed by atoms with van der Waals surface area (Å²) in [7, 11) is 0. The Morgan fingerprint density at radius 3 is 3.04 bits per heavy atom. The second-order valence-electron chi connectivity index (χ2n) is 6.94. The molecule has 0 aromatic carbocycles. The van der Waals surface area contributed by atoms with Crippen molar-refractivity contribution in [2.75, 3.05) is 18.0 Å². The van der Waals surface area contributed by atoms with Gasteiger partial charge >= 0.3 is 6.09 Å². The van der Waals surface area contributed by atoms with Crippen molar-refractivity contribution in [3.05, 3.63) is 23.9 Å². The predicted octanol–water partition coefficient (Wildman–Crippen LogP) is 2.54. The molecule has 1 amide bonds. The topological polar surface area (TPSA) is 94.0 Å². The Kier molecular flexibility index (Phi) is 4.06. The van der Waals surface area contributed by atoms with Gasteiger partial charge in [0.05, 0.1) is 11.6 Å². The monoisotopic (exact) mass is 327 g/mol. The van der Waals surface area contributed by atoms with Crippen molar-refractivity contribution in [1.82, 2.24) is 15.3 Å². The molecule has 2 N–H and O–H groups in total. The molecular weight excluding hydrogens is 306 g/mol. The number of ether oxygens (including phenoxy) is 1. The maximum atomic E-state index is 11.9. The summed E-state index contributed by atoms with van der Waals surface area (Å²) < 4.78 is 5.29. The molecule has 2 aromatic heterocycles. The van der Waals surface area contributed by atoms with Crippen molar-refractivity contribution >= 4 is 22.9 Å². The van der Waals surface area contributed by atoms with Crippen LogP contribution >= 0.6 is 0 Å². The number of aromatic amines is 1. The second-order valence-corrected chi connectivity index (χ2v) is 6.94. The molecule has 1 atom stereocenters. The number of nitriles is 1. The van der Waals surface area contributed by atoms with Crippen LogP contribution in [-0.2, 0) is 4.74 Å². The third-order valence-corrected chi connectivity index (χ3v) is 3.87. The molecule has 0 unspecified atom stereocenters. The molecule has 0 aliphatic carbocycles. The minimum Gasteiger partial charge on any atom is -0.444 e. The van der Waals surface area contributed by atoms with E-state index in [1.54, 1.807) is 6.20 Å². The van der Waals surface area contributed by atoms with Crippen LogP contribution in [0.15, 0.2) is 18.3 Å². The van der Waals surface area contributed by atoms with Crippen molar-refractivity contribution in [2.24, 2.45) is 0 Å². The average Bonchev–Trinajstić information content (AvgIpc) is 3.08. The molecule has 1 fully saturated rings. The maximum absolute atomic E-state index is 11.9. The van der Waals surface area contributed by atoms with Crippen LogP contribution in [0.2, 0.25) is 0 Å². The van der Waals surface area contributed by atoms with Gasteiger partial charge in [-0.05, 0) is 39.3 Å². The number of hydrogen-bond donors (Lipinski definition) is 2. The molecule has 0 bridgehead atoms. The standard InChI is InChI=1S/C17H21N5O2/c1-17(2,3)24-16(23)20-11-6-8-22(10-11)15-12(9-18)14-13(21-15)5-4-7-19-14/h4-5,7,11,21H,6,8,10H2,1-3H3,(H,20,23)/t11-/m1/s1. The maximum Gasteiger partial charge on any atom is 0.407 e. The highest BCUT2D eigenvalue weighted by Crippen LogP contribution is 2.29. The van der Waals surface area contributed by atoms with E-state index in [9.17, 15) is 10.1 Å². The smallest absolute Gasteiger partial charge is 0.407 e. The molecule has 126 valence electrons. The van der Waals surface area contributed by atoms with Gasteiger partial charge in [-0.2, -0.15) is 5.26 Å². The summed E-state index contributed by atoms with van der Waals surface area (Å²) in [5, 5.41) is 12.4. The lowest BCUT2D eigenvalue weighted by atomic mass is 10.2. The number of fused-ring (bicyclic) bond motifs is 1. The van der Waals surface area contributed by atoms with Crippen molar-refractivity contribution in [2.45, 2.75) is 38.8 Å². The molecule has 3 rings (SSSR count). The summed E-state index contributed by atoms with van der Waals surface area (Å²) in [6.07, 6.45) is 2.07. The fraction of sp³-hybridized carbons (Fsp3) is 0.471. The second kappa shape index (κ2) is 6.04. The predicted molar refractivity (Wildman–Crippen MR) is 90.8 cm³/mol. The van der Waals surface area contributed by atoms with E-state index in [0.717, 1.165) is 24.3 Å². The van der Waals surface area contributed by atoms with Crippen LogP contribution in [0.3, 0.4) is 0 Å². The molecule has 3 heterocycles. The summed E-state index contributed by atoms with van der Waals surface area (Å²) in [5.74, 6) is 0.764. The van der Waals surface area contributed by atoms with E-state index in [-0.39, 0.29) is 6.04 Å². The highest BCUT2D eigenvalue weighted by atomic mass is 16.6. The molecular formula is C17H21N5O2. The van der Waals surface area contributed by atoms with E-state index in [0.29, 0.717) is 17.6 Å². The summed E-state index contributed by atoms with van der Waals surface area (Å²) in [4.78, 5) is 21.5. The number of H-pyrrole nitrogens is 1. The number of carbonyl (C=O) groups excluding carboxylic acids is 1. The number of pyridine rings is 1. The Balaban J connectivity index is 1.72. The van der Waals surface area contributed by atoms with Gasteiger partial charge in [-0.25, -0.2) is 4.79 Å². The molecule has 0 radical (unpaired) electrons. The summed E-state index contributed by atoms with van der Waals surface area (Å²) in [6, 6.07) is 5.96. The van der Waals surface area contributed by atoms with Gasteiger partial charge < -0.3 is 19.9 Å². The number of nitrogens with one attached hydrogen (secondary N) is 2. The molecule has 1 saturated heterocycles. The number of amides is 1. The van der Waals surface area contributed by atoms with E-state index in [1.807, 2.05) is 32.9 Å². The zero-order valence-corrected chi connectivity index (χ0v) is 14.1. The van der Waals surface area contributed by atoms with Gasteiger partial charge in [0.1, 0.15) is 28.6 Å². The highest BCUT2D eigenvalue weighted by molar-refractivity contribution is 5.88. The Morgan fingerprint density at radius 2 is 2.33 bits per heavy atom. The quantitative estimate of drug-likeness (QED) is 0.884. The lowest BCUT2D eigenvalue weighted by Crippen LogP contribution is -2.40. The normalized spacial score (nSPS) is 17.8. The van der Waals surface area contributed by atoms with E-state index in [1.165, 1.54) is 0 Å². The van der Waals surface area contributed by atoms with Gasteiger partial charge in [-0.15, -0.1) is 0 Å². The van der Waals surface area contributed by atoms with Gasteiger partial charge in [0, 0.05) is 19.3 Å². The Bertz CT molecular complexity index is 799. The Labute approximate surface area is 140 Å². The molecule has 1 aliphatic rings. The number of aromatic nitrogens is 2. The van der Waals surface area contributed by atoms with Crippen LogP contribution in [0, 0.1) is 11.3 Å². The van der Waals surface area contributed by atoms with E-state index in [4.69, 9.17) is 4.74 Å². The van der Waals surface area contributed by atoms with Gasteiger partial charge in [0.2, 0.25) is 0 Å². The number of carbonyl (C=O) groups is 1. The Morgan fingerprint density at radius 1 is 1.54 bits per heavy atom. The van der Waals surface area contributed by atoms with Crippen LogP contribution in [0.1, 0.15) is 32.8 Å². The van der Waals surface area contributed by atoms with Gasteiger partial charge in [0.25, 0.3) is 0 Å². The summed E-state index contributed by atoms with van der Waals surface area (Å²) >= 11 is 0. The van der Waals surface area contributed by atoms with Crippen LogP contribution in [0.5, 0.6) is 0 Å². The van der Waals surface area contributed by atoms with Gasteiger partial charge in [-0.1, -0.05) is 0 Å². The average molecular weight is 327 g/mol. The zero-order chi connectivity index (χ0) is 17.3. The SMILES string of the molecule is CC(C)(C)OC(=O)N[C@@H]1CCN(c2[nH]c3cccnc3c2C#N)C1. The van der Waals surface area contributed by atoms with Crippen molar-refractivity contribution < 1.29 is 9.53 Å². The van der Waals surface area contributed by atoms with Crippen LogP contribution < -0.4 is 10.2 Å². The van der Waals surface area contributed by atoms with E-state index < -0.39 is 11.7 Å². The number of nitrogens with zero attached hydrogens (tertiary/aromatic N) is 3. The Hall–Kier alpha value is -2.75. The van der Waals surface area contributed by atoms with Gasteiger partial charge in [-0.3, -0.25) is 4.98 Å². The fourth-order valence-electron chi connectivity index (χ4n) is 2.91. The molecule has 24 heavy (non-hydrogen) atoms. The first-order valence-corrected chi connectivity index (χ1v) is 7.98. The first kappa shape index (κ1) is 16.1. The molecule has 7 nitrogen and oxygen atoms in total. The first-order chi connectivity index (χ1) is 11.4. The van der Waals surface area contributed by atoms with Crippen LogP contribution in [0.25, 0.3) is 11.0 Å². The molecule has 1 aliphatic heterocycles. The molecule has 0 saturated carbocycles. The number of anilines is 1. The molecule has 0 spiro atoms. The number of hydrogen-bond acceptors (Lipinski definition) is 5. The van der Waals surface area contributed by atoms with Crippen LogP contribution in [-0.4, -0.2) is 40.8 Å². The van der Waals surface area contributed by atoms with Gasteiger partial charge in [0.15, 0.2) is 0 Å². The summed E-state index contributed by atoms with van der Waals surface area (Å²) in [6.45, 7) is 6.89. The van der Waals surface area contributed by atoms with Crippen molar-refractivity contribution in [3.63, 3.8) is 0 Å². The fourth-order valence-corrected chi connectivity index (χ4v) is 2.91. The highest BCUT2D eigenvalue weighted by Gasteiger charge is 2.29. The number of alkyl carbamates (subject to hydrolysis) is 1. The lowest BCUT2D eigenvalue weighted by Gasteiger charge is -2.22. The zero-order valence-electron chi connectivity index (χ0n) is 14.1. The van der Waals surface area contributed by atoms with E-state index >= 15 is 0 Å². The third kappa shape index (κ3) is 3.27. The van der Waals surface area contributed by atoms with E-state index in [2.05, 4.69) is 26.3 Å². The minimum atomic E-state index is -0.515. The van der Waals surface area contributed by atoms with Crippen molar-refractivity contribution in [1.29, 1.82) is 5.26 Å². The molecule has 2 aromatic rings. The summed E-state index contributed by atoms with van der Waals surface area (Å²) in [5.41, 5.74) is 1.55. The number of rotatable bonds is 2. The van der Waals surface area contributed by atoms with Crippen LogP contribution in [0.4, 0.5) is 10.6 Å². The minimum absolute atomic E-state index is 0.00855.